The van der Waals surface area contributed by atoms with Gasteiger partial charge in [-0.15, -0.1) is 11.3 Å². The first-order valence-corrected chi connectivity index (χ1v) is 16.5. The van der Waals surface area contributed by atoms with Crippen molar-refractivity contribution in [2.45, 2.75) is 32.1 Å². The zero-order valence-corrected chi connectivity index (χ0v) is 26.4. The third-order valence-corrected chi connectivity index (χ3v) is 10.8. The molecule has 0 radical (unpaired) electrons. The first-order chi connectivity index (χ1) is 21.8. The van der Waals surface area contributed by atoms with Gasteiger partial charge in [0.15, 0.2) is 5.82 Å². The van der Waals surface area contributed by atoms with E-state index in [1.165, 1.54) is 10.5 Å². The minimum absolute atomic E-state index is 0.0556. The van der Waals surface area contributed by atoms with Gasteiger partial charge in [-0.3, -0.25) is 24.1 Å². The minimum Gasteiger partial charge on any atom is -0.397 e. The summed E-state index contributed by atoms with van der Waals surface area (Å²) in [5.41, 5.74) is 8.34. The third kappa shape index (κ3) is 5.80. The molecule has 4 aliphatic rings. The van der Waals surface area contributed by atoms with Crippen LogP contribution in [0.4, 0.5) is 11.5 Å². The maximum atomic E-state index is 13.8. The fraction of sp³-hybridized carbons (Fsp3) is 0.500. The van der Waals surface area contributed by atoms with Gasteiger partial charge in [-0.2, -0.15) is 5.10 Å². The number of nitrogens with one attached hydrogen (secondary N) is 1. The number of ether oxygens (including phenoxy) is 1. The Hall–Kier alpha value is -3.94. The van der Waals surface area contributed by atoms with E-state index in [1.54, 1.807) is 39.4 Å². The predicted octanol–water partition coefficient (Wildman–Crippen LogP) is 3.06. The molecule has 7 rings (SSSR count). The van der Waals surface area contributed by atoms with Gasteiger partial charge in [-0.05, 0) is 68.5 Å². The van der Waals surface area contributed by atoms with E-state index in [-0.39, 0.29) is 17.7 Å². The van der Waals surface area contributed by atoms with Crippen LogP contribution < -0.4 is 10.6 Å². The Bertz CT molecular complexity index is 1660. The Morgan fingerprint density at radius 1 is 1.13 bits per heavy atom. The molecule has 0 saturated carbocycles. The smallest absolute Gasteiger partial charge is 0.237 e. The molecule has 3 saturated heterocycles. The van der Waals surface area contributed by atoms with E-state index in [9.17, 15) is 9.59 Å². The van der Waals surface area contributed by atoms with E-state index in [0.717, 1.165) is 42.8 Å². The highest BCUT2D eigenvalue weighted by Gasteiger charge is 2.51. The van der Waals surface area contributed by atoms with Gasteiger partial charge in [0.05, 0.1) is 28.2 Å². The van der Waals surface area contributed by atoms with Crippen LogP contribution in [0, 0.1) is 16.7 Å². The number of likely N-dealkylation sites (tertiary alicyclic amines) is 1. The third-order valence-electron chi connectivity index (χ3n) is 9.68. The van der Waals surface area contributed by atoms with Crippen LogP contribution >= 0.6 is 11.3 Å². The standard InChI is InChI=1S/C32H39N9O3S/c1-38-20-35-30(37-38)25-4-3-24(45-25)21-6-12-40(13-7-21)27(42)18-39-14-10-32(19-39)11-15-41(31(32)43)26-5-2-23(33)29(36-26)28(34)22-8-16-44-17-9-22/h2-6,20,22,34H,7-19,33H2,1H3/t32-/m0/s1. The Labute approximate surface area is 266 Å². The van der Waals surface area contributed by atoms with E-state index < -0.39 is 5.41 Å². The van der Waals surface area contributed by atoms with Crippen LogP contribution in [-0.4, -0.2) is 99.6 Å². The van der Waals surface area contributed by atoms with Crippen LogP contribution in [0.5, 0.6) is 0 Å². The van der Waals surface area contributed by atoms with Crippen molar-refractivity contribution in [3.63, 3.8) is 0 Å². The molecular weight excluding hydrogens is 590 g/mol. The fourth-order valence-corrected chi connectivity index (χ4v) is 8.02. The van der Waals surface area contributed by atoms with E-state index in [1.807, 2.05) is 11.9 Å². The van der Waals surface area contributed by atoms with E-state index in [0.29, 0.717) is 75.4 Å². The molecule has 3 aromatic heterocycles. The van der Waals surface area contributed by atoms with Gasteiger partial charge < -0.3 is 20.8 Å². The molecule has 1 atom stereocenters. The van der Waals surface area contributed by atoms with Crippen molar-refractivity contribution in [1.82, 2.24) is 29.5 Å². The van der Waals surface area contributed by atoms with E-state index >= 15 is 0 Å². The monoisotopic (exact) mass is 629 g/mol. The van der Waals surface area contributed by atoms with Crippen LogP contribution in [0.2, 0.25) is 0 Å². The molecule has 13 heteroatoms. The first kappa shape index (κ1) is 29.8. The number of hydrogen-bond donors (Lipinski definition) is 2. The van der Waals surface area contributed by atoms with Gasteiger partial charge in [0.1, 0.15) is 17.8 Å². The molecule has 3 fully saturated rings. The van der Waals surface area contributed by atoms with Crippen molar-refractivity contribution in [2.24, 2.45) is 18.4 Å². The van der Waals surface area contributed by atoms with Crippen molar-refractivity contribution in [3.05, 3.63) is 47.2 Å². The summed E-state index contributed by atoms with van der Waals surface area (Å²) < 4.78 is 7.16. The molecule has 7 heterocycles. The largest absolute Gasteiger partial charge is 0.397 e. The van der Waals surface area contributed by atoms with Gasteiger partial charge in [0, 0.05) is 57.2 Å². The molecule has 3 N–H and O–H groups in total. The van der Waals surface area contributed by atoms with Gasteiger partial charge in [0.2, 0.25) is 11.8 Å². The number of carbonyl (C=O) groups is 2. The number of hydrogen-bond acceptors (Lipinski definition) is 10. The maximum absolute atomic E-state index is 13.8. The Morgan fingerprint density at radius 2 is 1.93 bits per heavy atom. The lowest BCUT2D eigenvalue weighted by Crippen LogP contribution is -2.43. The number of nitrogens with two attached hydrogens (primary N) is 1. The number of thiophene rings is 1. The molecule has 4 aliphatic heterocycles. The summed E-state index contributed by atoms with van der Waals surface area (Å²) in [6.07, 6.45) is 7.67. The van der Waals surface area contributed by atoms with Crippen molar-refractivity contribution in [3.8, 4) is 10.7 Å². The molecule has 0 bridgehead atoms. The minimum atomic E-state index is -0.508. The lowest BCUT2D eigenvalue weighted by Gasteiger charge is -2.29. The molecule has 12 nitrogen and oxygen atoms in total. The summed E-state index contributed by atoms with van der Waals surface area (Å²) >= 11 is 1.68. The van der Waals surface area contributed by atoms with Gasteiger partial charge in [-0.1, -0.05) is 6.08 Å². The summed E-state index contributed by atoms with van der Waals surface area (Å²) in [5.74, 6) is 1.50. The topological polar surface area (TPSA) is 147 Å². The normalized spacial score (nSPS) is 22.9. The lowest BCUT2D eigenvalue weighted by molar-refractivity contribution is -0.132. The second kappa shape index (κ2) is 12.1. The van der Waals surface area contributed by atoms with Gasteiger partial charge in [-0.25, -0.2) is 9.97 Å². The highest BCUT2D eigenvalue weighted by atomic mass is 32.1. The average Bonchev–Trinajstić information content (AvgIpc) is 3.87. The summed E-state index contributed by atoms with van der Waals surface area (Å²) in [6.45, 7) is 4.71. The van der Waals surface area contributed by atoms with Crippen molar-refractivity contribution in [2.75, 3.05) is 63.1 Å². The molecule has 0 unspecified atom stereocenters. The number of nitrogens with zero attached hydrogens (tertiary/aromatic N) is 7. The highest BCUT2D eigenvalue weighted by Crippen LogP contribution is 2.42. The van der Waals surface area contributed by atoms with Crippen molar-refractivity contribution < 1.29 is 14.3 Å². The molecule has 3 aromatic rings. The van der Waals surface area contributed by atoms with Crippen molar-refractivity contribution in [1.29, 1.82) is 5.41 Å². The number of rotatable bonds is 7. The maximum Gasteiger partial charge on any atom is 0.237 e. The molecule has 1 spiro atoms. The number of nitrogen functional groups attached to an aromatic ring is 1. The van der Waals surface area contributed by atoms with Crippen LogP contribution in [0.15, 0.2) is 36.7 Å². The zero-order chi connectivity index (χ0) is 31.1. The number of amides is 2. The molecule has 2 amide bonds. The number of aromatic nitrogens is 4. The summed E-state index contributed by atoms with van der Waals surface area (Å²) in [7, 11) is 1.86. The second-order valence-corrected chi connectivity index (χ2v) is 13.7. The Morgan fingerprint density at radius 3 is 2.69 bits per heavy atom. The van der Waals surface area contributed by atoms with Crippen LogP contribution in [0.25, 0.3) is 16.3 Å². The summed E-state index contributed by atoms with van der Waals surface area (Å²) in [5, 5.41) is 13.2. The van der Waals surface area contributed by atoms with Gasteiger partial charge in [0.25, 0.3) is 0 Å². The van der Waals surface area contributed by atoms with Crippen LogP contribution in [0.3, 0.4) is 0 Å². The molecular formula is C32H39N9O3S. The molecule has 0 aromatic carbocycles. The fourth-order valence-electron chi connectivity index (χ4n) is 7.01. The number of aryl methyl sites for hydroxylation is 1. The van der Waals surface area contributed by atoms with Gasteiger partial charge >= 0.3 is 0 Å². The second-order valence-electron chi connectivity index (χ2n) is 12.6. The van der Waals surface area contributed by atoms with Crippen molar-refractivity contribution >= 4 is 45.9 Å². The predicted molar refractivity (Wildman–Crippen MR) is 173 cm³/mol. The quantitative estimate of drug-likeness (QED) is 0.379. The number of pyridine rings is 1. The van der Waals surface area contributed by atoms with E-state index in [2.05, 4.69) is 33.2 Å². The Kier molecular flexibility index (Phi) is 8.00. The molecule has 236 valence electrons. The van der Waals surface area contributed by atoms with Crippen LogP contribution in [-0.2, 0) is 21.4 Å². The summed E-state index contributed by atoms with van der Waals surface area (Å²) in [6, 6.07) is 7.72. The summed E-state index contributed by atoms with van der Waals surface area (Å²) in [4.78, 5) is 44.3. The first-order valence-electron chi connectivity index (χ1n) is 15.7. The van der Waals surface area contributed by atoms with E-state index in [4.69, 9.17) is 20.9 Å². The lowest BCUT2D eigenvalue weighted by atomic mass is 9.85. The van der Waals surface area contributed by atoms with Crippen LogP contribution in [0.1, 0.15) is 42.7 Å². The number of anilines is 2. The average molecular weight is 630 g/mol. The molecule has 45 heavy (non-hydrogen) atoms. The zero-order valence-electron chi connectivity index (χ0n) is 25.6. The highest BCUT2D eigenvalue weighted by molar-refractivity contribution is 7.16. The molecule has 0 aliphatic carbocycles. The number of carbonyl (C=O) groups excluding carboxylic acids is 2. The SMILES string of the molecule is Cn1cnc(-c2ccc(C3=CCN(C(=O)CN4CC[C@]5(CCN(c6ccc(N)c(C(=N)C7CCOCC7)n6)C5=O)C4)CC3)s2)n1. The Balaban J connectivity index is 0.953.